The van der Waals surface area contributed by atoms with Crippen molar-refractivity contribution >= 4 is 11.9 Å². The number of amides is 1. The van der Waals surface area contributed by atoms with Gasteiger partial charge in [0.25, 0.3) is 0 Å². The average Bonchev–Trinajstić information content (AvgIpc) is 2.32. The quantitative estimate of drug-likeness (QED) is 0.749. The number of carboxylic acid groups (broad SMARTS) is 1. The number of aliphatic carboxylic acids is 1. The standard InChI is InChI=1S/C15H23NO3/c17-13(18)2-1-3-16-14(19)15-7-10-4-11(8-15)6-12(5-10)9-15/h10-12H,1-9H2,(H,16,19)(H,17,18). The van der Waals surface area contributed by atoms with Crippen molar-refractivity contribution in [1.29, 1.82) is 0 Å². The number of hydrogen-bond donors (Lipinski definition) is 2. The van der Waals surface area contributed by atoms with Crippen LogP contribution in [0.2, 0.25) is 0 Å². The molecule has 0 spiro atoms. The van der Waals surface area contributed by atoms with E-state index in [2.05, 4.69) is 5.32 Å². The minimum absolute atomic E-state index is 0.0992. The molecule has 19 heavy (non-hydrogen) atoms. The van der Waals surface area contributed by atoms with Gasteiger partial charge in [0, 0.05) is 18.4 Å². The maximum atomic E-state index is 12.5. The summed E-state index contributed by atoms with van der Waals surface area (Å²) in [5.41, 5.74) is -0.0992. The molecule has 0 aromatic carbocycles. The normalized spacial score (nSPS) is 39.3. The van der Waals surface area contributed by atoms with Crippen LogP contribution in [0.3, 0.4) is 0 Å². The van der Waals surface area contributed by atoms with Gasteiger partial charge in [0.1, 0.15) is 0 Å². The fourth-order valence-corrected chi connectivity index (χ4v) is 5.02. The van der Waals surface area contributed by atoms with Gasteiger partial charge in [0.15, 0.2) is 0 Å². The molecule has 0 atom stereocenters. The third-order valence-corrected chi connectivity index (χ3v) is 5.37. The smallest absolute Gasteiger partial charge is 0.303 e. The van der Waals surface area contributed by atoms with Crippen LogP contribution in [0.5, 0.6) is 0 Å². The number of carboxylic acids is 1. The van der Waals surface area contributed by atoms with E-state index in [-0.39, 0.29) is 17.7 Å². The fraction of sp³-hybridized carbons (Fsp3) is 0.867. The molecule has 0 radical (unpaired) electrons. The van der Waals surface area contributed by atoms with Gasteiger partial charge in [-0.3, -0.25) is 9.59 Å². The molecule has 4 aliphatic carbocycles. The van der Waals surface area contributed by atoms with E-state index in [1.807, 2.05) is 0 Å². The zero-order valence-electron chi connectivity index (χ0n) is 11.4. The minimum atomic E-state index is -0.788. The molecule has 0 heterocycles. The van der Waals surface area contributed by atoms with Gasteiger partial charge < -0.3 is 10.4 Å². The highest BCUT2D eigenvalue weighted by Crippen LogP contribution is 2.60. The predicted octanol–water partition coefficient (Wildman–Crippen LogP) is 2.18. The summed E-state index contributed by atoms with van der Waals surface area (Å²) in [4.78, 5) is 22.9. The Bertz CT molecular complexity index is 356. The van der Waals surface area contributed by atoms with Gasteiger partial charge in [0.2, 0.25) is 5.91 Å². The Morgan fingerprint density at radius 2 is 1.58 bits per heavy atom. The highest BCUT2D eigenvalue weighted by Gasteiger charge is 2.54. The van der Waals surface area contributed by atoms with Crippen LogP contribution in [0.15, 0.2) is 0 Å². The molecule has 0 aliphatic heterocycles. The van der Waals surface area contributed by atoms with Crippen molar-refractivity contribution < 1.29 is 14.7 Å². The zero-order valence-corrected chi connectivity index (χ0v) is 11.4. The van der Waals surface area contributed by atoms with Crippen molar-refractivity contribution in [2.45, 2.75) is 51.4 Å². The lowest BCUT2D eigenvalue weighted by atomic mass is 9.49. The third-order valence-electron chi connectivity index (χ3n) is 5.37. The number of rotatable bonds is 5. The first-order valence-electron chi connectivity index (χ1n) is 7.57. The summed E-state index contributed by atoms with van der Waals surface area (Å²) in [7, 11) is 0. The molecular weight excluding hydrogens is 242 g/mol. The monoisotopic (exact) mass is 265 g/mol. The molecule has 4 rings (SSSR count). The molecule has 0 unspecified atom stereocenters. The molecule has 0 saturated heterocycles. The summed E-state index contributed by atoms with van der Waals surface area (Å²) in [5, 5.41) is 11.6. The summed E-state index contributed by atoms with van der Waals surface area (Å²) < 4.78 is 0. The van der Waals surface area contributed by atoms with Crippen molar-refractivity contribution in [3.8, 4) is 0 Å². The van der Waals surface area contributed by atoms with Crippen molar-refractivity contribution in [3.05, 3.63) is 0 Å². The van der Waals surface area contributed by atoms with Gasteiger partial charge in [0.05, 0.1) is 0 Å². The number of nitrogens with one attached hydrogen (secondary N) is 1. The van der Waals surface area contributed by atoms with Crippen molar-refractivity contribution in [3.63, 3.8) is 0 Å². The third kappa shape index (κ3) is 2.49. The Hall–Kier alpha value is -1.06. The second-order valence-electron chi connectivity index (χ2n) is 6.95. The van der Waals surface area contributed by atoms with Crippen LogP contribution in [0.4, 0.5) is 0 Å². The number of carbonyl (C=O) groups is 2. The lowest BCUT2D eigenvalue weighted by molar-refractivity contribution is -0.146. The van der Waals surface area contributed by atoms with E-state index in [9.17, 15) is 9.59 Å². The van der Waals surface area contributed by atoms with E-state index in [0.29, 0.717) is 13.0 Å². The lowest BCUT2D eigenvalue weighted by Crippen LogP contribution is -2.53. The van der Waals surface area contributed by atoms with E-state index < -0.39 is 5.97 Å². The molecule has 4 saturated carbocycles. The first-order chi connectivity index (χ1) is 9.07. The highest BCUT2D eigenvalue weighted by atomic mass is 16.4. The number of hydrogen-bond acceptors (Lipinski definition) is 2. The van der Waals surface area contributed by atoms with Gasteiger partial charge in [-0.05, 0) is 62.7 Å². The molecule has 0 aromatic rings. The fourth-order valence-electron chi connectivity index (χ4n) is 5.02. The molecule has 106 valence electrons. The molecular formula is C15H23NO3. The Morgan fingerprint density at radius 3 is 2.05 bits per heavy atom. The Balaban J connectivity index is 1.56. The summed E-state index contributed by atoms with van der Waals surface area (Å²) in [5.74, 6) is 1.74. The SMILES string of the molecule is O=C(O)CCCNC(=O)C12CC3CC(CC(C3)C1)C2. The van der Waals surface area contributed by atoms with E-state index in [1.165, 1.54) is 19.3 Å². The van der Waals surface area contributed by atoms with Crippen molar-refractivity contribution in [2.24, 2.45) is 23.2 Å². The molecule has 4 bridgehead atoms. The second-order valence-corrected chi connectivity index (χ2v) is 6.95. The van der Waals surface area contributed by atoms with Crippen LogP contribution in [-0.2, 0) is 9.59 Å². The van der Waals surface area contributed by atoms with Crippen LogP contribution < -0.4 is 5.32 Å². The van der Waals surface area contributed by atoms with E-state index >= 15 is 0 Å². The summed E-state index contributed by atoms with van der Waals surface area (Å²) in [6.45, 7) is 0.507. The zero-order chi connectivity index (χ0) is 13.5. The second kappa shape index (κ2) is 4.80. The topological polar surface area (TPSA) is 66.4 Å². The summed E-state index contributed by atoms with van der Waals surface area (Å²) in [6.07, 6.45) is 7.91. The molecule has 4 heteroatoms. The molecule has 2 N–H and O–H groups in total. The maximum Gasteiger partial charge on any atom is 0.303 e. The van der Waals surface area contributed by atoms with Crippen molar-refractivity contribution in [2.75, 3.05) is 6.54 Å². The van der Waals surface area contributed by atoms with E-state index in [0.717, 1.165) is 37.0 Å². The van der Waals surface area contributed by atoms with Crippen molar-refractivity contribution in [1.82, 2.24) is 5.32 Å². The van der Waals surface area contributed by atoms with Gasteiger partial charge in [-0.2, -0.15) is 0 Å². The Kier molecular flexibility index (Phi) is 3.27. The first kappa shape index (κ1) is 12.9. The molecule has 1 amide bonds. The number of carbonyl (C=O) groups excluding carboxylic acids is 1. The Morgan fingerprint density at radius 1 is 1.05 bits per heavy atom. The average molecular weight is 265 g/mol. The lowest BCUT2D eigenvalue weighted by Gasteiger charge is -2.55. The minimum Gasteiger partial charge on any atom is -0.481 e. The van der Waals surface area contributed by atoms with Gasteiger partial charge in [-0.15, -0.1) is 0 Å². The summed E-state index contributed by atoms with van der Waals surface area (Å²) in [6, 6.07) is 0. The molecule has 4 fully saturated rings. The van der Waals surface area contributed by atoms with Crippen LogP contribution in [0, 0.1) is 23.2 Å². The van der Waals surface area contributed by atoms with Gasteiger partial charge >= 0.3 is 5.97 Å². The maximum absolute atomic E-state index is 12.5. The van der Waals surface area contributed by atoms with E-state index in [4.69, 9.17) is 5.11 Å². The predicted molar refractivity (Wildman–Crippen MR) is 70.5 cm³/mol. The van der Waals surface area contributed by atoms with Crippen LogP contribution in [-0.4, -0.2) is 23.5 Å². The molecule has 0 aromatic heterocycles. The first-order valence-corrected chi connectivity index (χ1v) is 7.57. The highest BCUT2D eigenvalue weighted by molar-refractivity contribution is 5.83. The van der Waals surface area contributed by atoms with Crippen LogP contribution >= 0.6 is 0 Å². The Labute approximate surface area is 113 Å². The largest absolute Gasteiger partial charge is 0.481 e. The molecule has 4 aliphatic rings. The van der Waals surface area contributed by atoms with Crippen LogP contribution in [0.1, 0.15) is 51.4 Å². The van der Waals surface area contributed by atoms with Crippen LogP contribution in [0.25, 0.3) is 0 Å². The van der Waals surface area contributed by atoms with E-state index in [1.54, 1.807) is 0 Å². The van der Waals surface area contributed by atoms with Gasteiger partial charge in [-0.1, -0.05) is 0 Å². The summed E-state index contributed by atoms with van der Waals surface area (Å²) >= 11 is 0. The molecule has 4 nitrogen and oxygen atoms in total. The van der Waals surface area contributed by atoms with Gasteiger partial charge in [-0.25, -0.2) is 0 Å².